The van der Waals surface area contributed by atoms with E-state index < -0.39 is 5.97 Å². The van der Waals surface area contributed by atoms with Gasteiger partial charge in [0.05, 0.1) is 6.42 Å². The summed E-state index contributed by atoms with van der Waals surface area (Å²) in [6.07, 6.45) is 1.09. The number of ketones is 1. The summed E-state index contributed by atoms with van der Waals surface area (Å²) in [5.74, 6) is -0.858. The van der Waals surface area contributed by atoms with Crippen LogP contribution < -0.4 is 0 Å². The van der Waals surface area contributed by atoms with E-state index in [0.717, 1.165) is 28.0 Å². The fourth-order valence-electron chi connectivity index (χ4n) is 3.65. The van der Waals surface area contributed by atoms with E-state index in [9.17, 15) is 14.7 Å². The molecule has 0 bridgehead atoms. The SMILES string of the molecule is Cc1c(CC(=O)O)c2c(n1-c1ccc(Br)cc1)CC(C)(C)CC2=O. The van der Waals surface area contributed by atoms with Crippen molar-refractivity contribution in [3.63, 3.8) is 0 Å². The Balaban J connectivity index is 2.27. The molecule has 0 spiro atoms. The van der Waals surface area contributed by atoms with Crippen molar-refractivity contribution in [2.75, 3.05) is 0 Å². The lowest BCUT2D eigenvalue weighted by Gasteiger charge is -2.30. The minimum atomic E-state index is -0.911. The summed E-state index contributed by atoms with van der Waals surface area (Å²) >= 11 is 3.44. The van der Waals surface area contributed by atoms with Gasteiger partial charge in [-0.15, -0.1) is 0 Å². The summed E-state index contributed by atoms with van der Waals surface area (Å²) < 4.78 is 3.03. The lowest BCUT2D eigenvalue weighted by Crippen LogP contribution is -2.28. The van der Waals surface area contributed by atoms with Crippen LogP contribution in [-0.2, 0) is 17.6 Å². The number of fused-ring (bicyclic) bond motifs is 1. The van der Waals surface area contributed by atoms with Crippen LogP contribution in [-0.4, -0.2) is 21.4 Å². The van der Waals surface area contributed by atoms with Crippen molar-refractivity contribution in [1.29, 1.82) is 0 Å². The first-order valence-corrected chi connectivity index (χ1v) is 8.73. The first-order valence-electron chi connectivity index (χ1n) is 7.93. The molecule has 3 rings (SSSR count). The summed E-state index contributed by atoms with van der Waals surface area (Å²) in [6, 6.07) is 7.86. The van der Waals surface area contributed by atoms with Gasteiger partial charge < -0.3 is 9.67 Å². The molecular weight excluding hydrogens is 370 g/mol. The van der Waals surface area contributed by atoms with E-state index in [1.807, 2.05) is 31.2 Å². The molecule has 4 nitrogen and oxygen atoms in total. The van der Waals surface area contributed by atoms with E-state index in [2.05, 4.69) is 34.3 Å². The topological polar surface area (TPSA) is 59.3 Å². The fraction of sp³-hybridized carbons (Fsp3) is 0.368. The molecule has 126 valence electrons. The van der Waals surface area contributed by atoms with Gasteiger partial charge in [-0.25, -0.2) is 0 Å². The molecule has 2 aromatic rings. The van der Waals surface area contributed by atoms with Gasteiger partial charge in [-0.1, -0.05) is 29.8 Å². The largest absolute Gasteiger partial charge is 0.481 e. The molecule has 0 fully saturated rings. The van der Waals surface area contributed by atoms with Gasteiger partial charge in [0.2, 0.25) is 0 Å². The predicted octanol–water partition coefficient (Wildman–Crippen LogP) is 4.33. The molecule has 1 aliphatic carbocycles. The number of nitrogens with zero attached hydrogens (tertiary/aromatic N) is 1. The molecule has 24 heavy (non-hydrogen) atoms. The van der Waals surface area contributed by atoms with E-state index in [0.29, 0.717) is 17.5 Å². The summed E-state index contributed by atoms with van der Waals surface area (Å²) in [6.45, 7) is 6.07. The van der Waals surface area contributed by atoms with Crippen molar-refractivity contribution in [2.45, 2.75) is 40.0 Å². The number of Topliss-reactive ketones (excluding diaryl/α,β-unsaturated/α-hetero) is 1. The zero-order valence-corrected chi connectivity index (χ0v) is 15.6. The minimum absolute atomic E-state index is 0.0523. The molecule has 0 saturated heterocycles. The maximum absolute atomic E-state index is 12.7. The second-order valence-electron chi connectivity index (χ2n) is 7.21. The van der Waals surface area contributed by atoms with Crippen molar-refractivity contribution in [3.05, 3.63) is 51.3 Å². The second-order valence-corrected chi connectivity index (χ2v) is 8.12. The van der Waals surface area contributed by atoms with Gasteiger partial charge in [-0.05, 0) is 48.6 Å². The fourth-order valence-corrected chi connectivity index (χ4v) is 3.91. The standard InChI is InChI=1S/C19H20BrNO3/c1-11-14(8-17(23)24)18-15(9-19(2,3)10-16(18)22)21(11)13-6-4-12(20)5-7-13/h4-7H,8-10H2,1-3H3,(H,23,24). The summed E-state index contributed by atoms with van der Waals surface area (Å²) in [7, 11) is 0. The molecule has 0 radical (unpaired) electrons. The Bertz CT molecular complexity index is 831. The highest BCUT2D eigenvalue weighted by molar-refractivity contribution is 9.10. The van der Waals surface area contributed by atoms with Crippen LogP contribution in [0.25, 0.3) is 5.69 Å². The predicted molar refractivity (Wildman–Crippen MR) is 96.0 cm³/mol. The molecule has 0 unspecified atom stereocenters. The van der Waals surface area contributed by atoms with Gasteiger partial charge in [0, 0.05) is 33.5 Å². The van der Waals surface area contributed by atoms with Crippen LogP contribution in [0.5, 0.6) is 0 Å². The van der Waals surface area contributed by atoms with Crippen LogP contribution in [0.1, 0.15) is 47.6 Å². The highest BCUT2D eigenvalue weighted by Crippen LogP contribution is 2.40. The number of benzene rings is 1. The van der Waals surface area contributed by atoms with Crippen LogP contribution in [0.15, 0.2) is 28.7 Å². The van der Waals surface area contributed by atoms with Gasteiger partial charge in [-0.2, -0.15) is 0 Å². The van der Waals surface area contributed by atoms with Gasteiger partial charge in [-0.3, -0.25) is 9.59 Å². The molecule has 5 heteroatoms. The molecule has 1 aromatic carbocycles. The zero-order chi connectivity index (χ0) is 17.6. The number of rotatable bonds is 3. The average molecular weight is 390 g/mol. The van der Waals surface area contributed by atoms with Gasteiger partial charge >= 0.3 is 5.97 Å². The highest BCUT2D eigenvalue weighted by Gasteiger charge is 2.37. The number of carboxylic acids is 1. The number of carboxylic acid groups (broad SMARTS) is 1. The molecule has 1 heterocycles. The Labute approximate surface area is 149 Å². The van der Waals surface area contributed by atoms with Gasteiger partial charge in [0.1, 0.15) is 0 Å². The molecule has 0 atom stereocenters. The number of aliphatic carboxylic acids is 1. The first kappa shape index (κ1) is 17.0. The van der Waals surface area contributed by atoms with E-state index in [-0.39, 0.29) is 17.6 Å². The number of halogens is 1. The number of carbonyl (C=O) groups is 2. The normalized spacial score (nSPS) is 16.1. The molecule has 0 saturated carbocycles. The van der Waals surface area contributed by atoms with E-state index in [4.69, 9.17) is 0 Å². The minimum Gasteiger partial charge on any atom is -0.481 e. The Hall–Kier alpha value is -1.88. The van der Waals surface area contributed by atoms with Crippen LogP contribution in [0.4, 0.5) is 0 Å². The van der Waals surface area contributed by atoms with Crippen LogP contribution in [0, 0.1) is 12.3 Å². The van der Waals surface area contributed by atoms with Crippen LogP contribution in [0.2, 0.25) is 0 Å². The van der Waals surface area contributed by atoms with Crippen molar-refractivity contribution in [1.82, 2.24) is 4.57 Å². The quantitative estimate of drug-likeness (QED) is 0.849. The number of aromatic nitrogens is 1. The third-order valence-electron chi connectivity index (χ3n) is 4.61. The summed E-state index contributed by atoms with van der Waals surface area (Å²) in [5, 5.41) is 9.27. The second kappa shape index (κ2) is 5.88. The summed E-state index contributed by atoms with van der Waals surface area (Å²) in [5.41, 5.74) is 3.89. The Morgan fingerprint density at radius 1 is 1.25 bits per heavy atom. The smallest absolute Gasteiger partial charge is 0.307 e. The third-order valence-corrected chi connectivity index (χ3v) is 5.14. The third kappa shape index (κ3) is 2.93. The lowest BCUT2D eigenvalue weighted by atomic mass is 9.75. The Morgan fingerprint density at radius 3 is 2.46 bits per heavy atom. The van der Waals surface area contributed by atoms with Crippen molar-refractivity contribution >= 4 is 27.7 Å². The van der Waals surface area contributed by atoms with Crippen LogP contribution in [0.3, 0.4) is 0 Å². The molecular formula is C19H20BrNO3. The first-order chi connectivity index (χ1) is 11.2. The van der Waals surface area contributed by atoms with E-state index >= 15 is 0 Å². The van der Waals surface area contributed by atoms with Crippen molar-refractivity contribution in [3.8, 4) is 5.69 Å². The highest BCUT2D eigenvalue weighted by atomic mass is 79.9. The number of hydrogen-bond acceptors (Lipinski definition) is 2. The van der Waals surface area contributed by atoms with Crippen molar-refractivity contribution in [2.24, 2.45) is 5.41 Å². The van der Waals surface area contributed by atoms with Gasteiger partial charge in [0.15, 0.2) is 5.78 Å². The maximum Gasteiger partial charge on any atom is 0.307 e. The Morgan fingerprint density at radius 2 is 1.88 bits per heavy atom. The van der Waals surface area contributed by atoms with Crippen molar-refractivity contribution < 1.29 is 14.7 Å². The monoisotopic (exact) mass is 389 g/mol. The molecule has 1 aliphatic rings. The van der Waals surface area contributed by atoms with Crippen LogP contribution >= 0.6 is 15.9 Å². The van der Waals surface area contributed by atoms with E-state index in [1.54, 1.807) is 0 Å². The van der Waals surface area contributed by atoms with E-state index in [1.165, 1.54) is 0 Å². The molecule has 0 aliphatic heterocycles. The molecule has 1 aromatic heterocycles. The number of carbonyl (C=O) groups excluding carboxylic acids is 1. The number of hydrogen-bond donors (Lipinski definition) is 1. The zero-order valence-electron chi connectivity index (χ0n) is 14.0. The summed E-state index contributed by atoms with van der Waals surface area (Å²) in [4.78, 5) is 24.0. The van der Waals surface area contributed by atoms with Gasteiger partial charge in [0.25, 0.3) is 0 Å². The molecule has 0 amide bonds. The maximum atomic E-state index is 12.7. The average Bonchev–Trinajstić information content (AvgIpc) is 2.71. The Kier molecular flexibility index (Phi) is 4.16. The lowest BCUT2D eigenvalue weighted by molar-refractivity contribution is -0.136. The molecule has 1 N–H and O–H groups in total.